The number of rotatable bonds is 0. The van der Waals surface area contributed by atoms with Crippen molar-refractivity contribution in [2.45, 2.75) is 44.8 Å². The van der Waals surface area contributed by atoms with Crippen LogP contribution in [0, 0.1) is 11.3 Å². The van der Waals surface area contributed by atoms with E-state index in [2.05, 4.69) is 0 Å². The van der Waals surface area contributed by atoms with Crippen molar-refractivity contribution in [1.82, 2.24) is 0 Å². The van der Waals surface area contributed by atoms with E-state index < -0.39 is 11.7 Å². The summed E-state index contributed by atoms with van der Waals surface area (Å²) in [6.45, 7) is 4.10. The molecule has 2 rings (SSSR count). The predicted molar refractivity (Wildman–Crippen MR) is 42.1 cm³/mol. The third-order valence-electron chi connectivity index (χ3n) is 3.83. The first-order valence-corrected chi connectivity index (χ1v) is 4.41. The van der Waals surface area contributed by atoms with Crippen molar-refractivity contribution in [1.29, 1.82) is 0 Å². The van der Waals surface area contributed by atoms with E-state index in [1.807, 2.05) is 13.8 Å². The lowest BCUT2D eigenvalue weighted by Crippen LogP contribution is -2.35. The van der Waals surface area contributed by atoms with E-state index in [0.717, 1.165) is 19.3 Å². The number of hydrogen-bond acceptors (Lipinski definition) is 2. The minimum atomic E-state index is -0.745. The van der Waals surface area contributed by atoms with Gasteiger partial charge in [0.05, 0.1) is 11.7 Å². The zero-order chi connectivity index (χ0) is 8.28. The van der Waals surface area contributed by atoms with Gasteiger partial charge >= 0.3 is 0 Å². The number of aliphatic hydroxyl groups is 2. The Morgan fingerprint density at radius 1 is 1.27 bits per heavy atom. The standard InChI is InChI=1S/C9H16O2/c1-8(2)6-4-3-5-7(10)9(6,8)11/h6-7,10-11H,3-5H2,1-2H3/t6-,7+,9-/m1/s1. The highest BCUT2D eigenvalue weighted by atomic mass is 16.4. The Morgan fingerprint density at radius 2 is 1.91 bits per heavy atom. The van der Waals surface area contributed by atoms with Gasteiger partial charge in [-0.1, -0.05) is 20.3 Å². The van der Waals surface area contributed by atoms with Crippen molar-refractivity contribution < 1.29 is 10.2 Å². The van der Waals surface area contributed by atoms with Crippen molar-refractivity contribution in [3.63, 3.8) is 0 Å². The van der Waals surface area contributed by atoms with Crippen LogP contribution in [0.5, 0.6) is 0 Å². The summed E-state index contributed by atoms with van der Waals surface area (Å²) < 4.78 is 0. The van der Waals surface area contributed by atoms with Crippen LogP contribution in [0.3, 0.4) is 0 Å². The van der Waals surface area contributed by atoms with Gasteiger partial charge in [0.2, 0.25) is 0 Å². The first-order chi connectivity index (χ1) is 5.01. The summed E-state index contributed by atoms with van der Waals surface area (Å²) >= 11 is 0. The molecule has 0 aliphatic heterocycles. The van der Waals surface area contributed by atoms with E-state index in [0.29, 0.717) is 5.92 Å². The summed E-state index contributed by atoms with van der Waals surface area (Å²) in [5.74, 6) is 0.346. The van der Waals surface area contributed by atoms with Crippen molar-refractivity contribution in [2.75, 3.05) is 0 Å². The van der Waals surface area contributed by atoms with Gasteiger partial charge in [0.1, 0.15) is 0 Å². The van der Waals surface area contributed by atoms with Gasteiger partial charge < -0.3 is 10.2 Å². The summed E-state index contributed by atoms with van der Waals surface area (Å²) in [7, 11) is 0. The fraction of sp³-hybridized carbons (Fsp3) is 1.00. The molecule has 11 heavy (non-hydrogen) atoms. The highest BCUT2D eigenvalue weighted by Gasteiger charge is 2.74. The first kappa shape index (κ1) is 7.56. The van der Waals surface area contributed by atoms with E-state index in [1.54, 1.807) is 0 Å². The molecule has 0 unspecified atom stereocenters. The fourth-order valence-corrected chi connectivity index (χ4v) is 2.86. The SMILES string of the molecule is CC1(C)[C@H]2CCC[C@H](O)[C@]21O. The quantitative estimate of drug-likeness (QED) is 0.547. The van der Waals surface area contributed by atoms with Crippen LogP contribution >= 0.6 is 0 Å². The summed E-state index contributed by atoms with van der Waals surface area (Å²) in [5, 5.41) is 19.6. The third kappa shape index (κ3) is 0.651. The van der Waals surface area contributed by atoms with Crippen molar-refractivity contribution in [2.24, 2.45) is 11.3 Å². The molecule has 0 aromatic heterocycles. The Bertz CT molecular complexity index is 188. The molecule has 3 atom stereocenters. The first-order valence-electron chi connectivity index (χ1n) is 4.41. The largest absolute Gasteiger partial charge is 0.390 e. The smallest absolute Gasteiger partial charge is 0.0993 e. The van der Waals surface area contributed by atoms with E-state index in [4.69, 9.17) is 0 Å². The van der Waals surface area contributed by atoms with E-state index in [-0.39, 0.29) is 5.41 Å². The number of aliphatic hydroxyl groups excluding tert-OH is 1. The van der Waals surface area contributed by atoms with Gasteiger partial charge in [0.15, 0.2) is 0 Å². The maximum Gasteiger partial charge on any atom is 0.0993 e. The van der Waals surface area contributed by atoms with Crippen LogP contribution in [0.25, 0.3) is 0 Å². The van der Waals surface area contributed by atoms with Crippen LogP contribution in [-0.2, 0) is 0 Å². The second-order valence-electron chi connectivity index (χ2n) is 4.55. The maximum atomic E-state index is 9.99. The molecule has 0 aromatic rings. The third-order valence-corrected chi connectivity index (χ3v) is 3.83. The Labute approximate surface area is 67.2 Å². The topological polar surface area (TPSA) is 40.5 Å². The van der Waals surface area contributed by atoms with E-state index in [1.165, 1.54) is 0 Å². The van der Waals surface area contributed by atoms with Gasteiger partial charge in [0, 0.05) is 5.41 Å². The molecule has 2 nitrogen and oxygen atoms in total. The van der Waals surface area contributed by atoms with Crippen molar-refractivity contribution in [3.8, 4) is 0 Å². The lowest BCUT2D eigenvalue weighted by Gasteiger charge is -2.23. The fourth-order valence-electron chi connectivity index (χ4n) is 2.86. The van der Waals surface area contributed by atoms with Gasteiger partial charge in [0.25, 0.3) is 0 Å². The van der Waals surface area contributed by atoms with Crippen LogP contribution in [0.15, 0.2) is 0 Å². The lowest BCUT2D eigenvalue weighted by atomic mass is 9.94. The van der Waals surface area contributed by atoms with Crippen molar-refractivity contribution in [3.05, 3.63) is 0 Å². The molecule has 0 amide bonds. The maximum absolute atomic E-state index is 9.99. The van der Waals surface area contributed by atoms with Gasteiger partial charge in [-0.3, -0.25) is 0 Å². The lowest BCUT2D eigenvalue weighted by molar-refractivity contribution is -0.0457. The molecule has 0 radical (unpaired) electrons. The highest BCUT2D eigenvalue weighted by Crippen LogP contribution is 2.67. The van der Waals surface area contributed by atoms with Gasteiger partial charge in [-0.25, -0.2) is 0 Å². The normalized spacial score (nSPS) is 53.5. The molecular weight excluding hydrogens is 140 g/mol. The van der Waals surface area contributed by atoms with Crippen LogP contribution in [-0.4, -0.2) is 21.9 Å². The molecule has 2 aliphatic carbocycles. The monoisotopic (exact) mass is 156 g/mol. The minimum Gasteiger partial charge on any atom is -0.390 e. The van der Waals surface area contributed by atoms with Gasteiger partial charge in [-0.15, -0.1) is 0 Å². The zero-order valence-electron chi connectivity index (χ0n) is 7.17. The Hall–Kier alpha value is -0.0800. The molecule has 2 saturated carbocycles. The number of fused-ring (bicyclic) bond motifs is 1. The minimum absolute atomic E-state index is 0.0388. The molecule has 0 spiro atoms. The van der Waals surface area contributed by atoms with Gasteiger partial charge in [-0.05, 0) is 18.8 Å². The van der Waals surface area contributed by atoms with Crippen LogP contribution in [0.1, 0.15) is 33.1 Å². The second kappa shape index (κ2) is 1.80. The van der Waals surface area contributed by atoms with Gasteiger partial charge in [-0.2, -0.15) is 0 Å². The van der Waals surface area contributed by atoms with Crippen molar-refractivity contribution >= 4 is 0 Å². The highest BCUT2D eigenvalue weighted by molar-refractivity contribution is 5.23. The Morgan fingerprint density at radius 3 is 2.36 bits per heavy atom. The summed E-state index contributed by atoms with van der Waals surface area (Å²) in [4.78, 5) is 0. The number of hydrogen-bond donors (Lipinski definition) is 2. The predicted octanol–water partition coefficient (Wildman–Crippen LogP) is 0.918. The summed E-state index contributed by atoms with van der Waals surface area (Å²) in [6.07, 6.45) is 2.45. The molecular formula is C9H16O2. The molecule has 0 bridgehead atoms. The van der Waals surface area contributed by atoms with E-state index in [9.17, 15) is 10.2 Å². The summed E-state index contributed by atoms with van der Waals surface area (Å²) in [5.41, 5.74) is -0.784. The second-order valence-corrected chi connectivity index (χ2v) is 4.55. The average Bonchev–Trinajstić information content (AvgIpc) is 2.35. The molecule has 2 aliphatic rings. The molecule has 64 valence electrons. The van der Waals surface area contributed by atoms with E-state index >= 15 is 0 Å². The van der Waals surface area contributed by atoms with Crippen LogP contribution < -0.4 is 0 Å². The molecule has 2 N–H and O–H groups in total. The molecule has 0 heterocycles. The zero-order valence-corrected chi connectivity index (χ0v) is 7.17. The molecule has 2 fully saturated rings. The van der Waals surface area contributed by atoms with Crippen LogP contribution in [0.2, 0.25) is 0 Å². The Balaban J connectivity index is 2.25. The molecule has 2 heteroatoms. The van der Waals surface area contributed by atoms with Crippen LogP contribution in [0.4, 0.5) is 0 Å². The molecule has 0 aromatic carbocycles. The summed E-state index contributed by atoms with van der Waals surface area (Å²) in [6, 6.07) is 0. The Kier molecular flexibility index (Phi) is 1.24. The average molecular weight is 156 g/mol. The molecule has 0 saturated heterocycles.